The number of likely N-dealkylation sites (tertiary alicyclic amines) is 1. The molecule has 2 atom stereocenters. The molecule has 0 aromatic heterocycles. The molecule has 1 aliphatic carbocycles. The first kappa shape index (κ1) is 23.0. The normalized spacial score (nSPS) is 26.0. The number of carbonyl (C=O) groups excluding carboxylic acids is 1. The van der Waals surface area contributed by atoms with Crippen molar-refractivity contribution in [2.45, 2.75) is 36.9 Å². The molecular formula is C25H26F3NO5. The van der Waals surface area contributed by atoms with E-state index in [-0.39, 0.29) is 43.9 Å². The van der Waals surface area contributed by atoms with E-state index in [0.717, 1.165) is 0 Å². The largest absolute Gasteiger partial charge is 0.493 e. The number of nitrogens with zero attached hydrogens (tertiary/aromatic N) is 1. The monoisotopic (exact) mass is 477 g/mol. The third kappa shape index (κ3) is 4.22. The molecule has 2 aromatic carbocycles. The number of fused-ring (bicyclic) bond motifs is 1. The highest BCUT2D eigenvalue weighted by Crippen LogP contribution is 2.44. The van der Waals surface area contributed by atoms with Crippen molar-refractivity contribution < 1.29 is 36.9 Å². The van der Waals surface area contributed by atoms with Gasteiger partial charge < -0.3 is 23.8 Å². The Labute approximate surface area is 195 Å². The Morgan fingerprint density at radius 1 is 1.18 bits per heavy atom. The Morgan fingerprint density at radius 3 is 2.74 bits per heavy atom. The minimum absolute atomic E-state index is 0.0794. The molecule has 2 aromatic rings. The van der Waals surface area contributed by atoms with Crippen molar-refractivity contribution in [3.8, 4) is 11.5 Å². The lowest BCUT2D eigenvalue weighted by Gasteiger charge is -2.42. The molecule has 3 fully saturated rings. The number of alkyl halides is 2. The van der Waals surface area contributed by atoms with Crippen LogP contribution in [-0.4, -0.2) is 56.4 Å². The Bertz CT molecular complexity index is 1070. The highest BCUT2D eigenvalue weighted by molar-refractivity contribution is 5.95. The van der Waals surface area contributed by atoms with Gasteiger partial charge in [0.15, 0.2) is 11.5 Å². The van der Waals surface area contributed by atoms with Crippen LogP contribution < -0.4 is 9.47 Å². The lowest BCUT2D eigenvalue weighted by atomic mass is 9.82. The van der Waals surface area contributed by atoms with Gasteiger partial charge in [0.2, 0.25) is 5.92 Å². The summed E-state index contributed by atoms with van der Waals surface area (Å²) >= 11 is 0. The molecule has 0 spiro atoms. The zero-order valence-corrected chi connectivity index (χ0v) is 18.8. The number of methoxy groups -OCH3 is 1. The predicted molar refractivity (Wildman–Crippen MR) is 116 cm³/mol. The Hall–Kier alpha value is -2.78. The van der Waals surface area contributed by atoms with Gasteiger partial charge in [0, 0.05) is 37.3 Å². The maximum atomic E-state index is 13.8. The van der Waals surface area contributed by atoms with Crippen LogP contribution in [0.15, 0.2) is 42.5 Å². The number of hydrogen-bond acceptors (Lipinski definition) is 5. The highest BCUT2D eigenvalue weighted by atomic mass is 19.3. The number of carbonyl (C=O) groups is 1. The van der Waals surface area contributed by atoms with Crippen molar-refractivity contribution in [2.24, 2.45) is 5.92 Å². The molecule has 2 saturated heterocycles. The fraction of sp³-hybridized carbons (Fsp3) is 0.480. The van der Waals surface area contributed by atoms with Gasteiger partial charge in [-0.2, -0.15) is 0 Å². The van der Waals surface area contributed by atoms with E-state index in [0.29, 0.717) is 42.1 Å². The molecule has 1 amide bonds. The van der Waals surface area contributed by atoms with Crippen LogP contribution in [0.4, 0.5) is 13.2 Å². The predicted octanol–water partition coefficient (Wildman–Crippen LogP) is 4.37. The fourth-order valence-electron chi connectivity index (χ4n) is 5.04. The molecular weight excluding hydrogens is 451 g/mol. The quantitative estimate of drug-likeness (QED) is 0.619. The average molecular weight is 477 g/mol. The maximum absolute atomic E-state index is 13.8. The van der Waals surface area contributed by atoms with E-state index >= 15 is 0 Å². The van der Waals surface area contributed by atoms with Gasteiger partial charge in [0.05, 0.1) is 20.3 Å². The van der Waals surface area contributed by atoms with E-state index < -0.39 is 17.6 Å². The van der Waals surface area contributed by atoms with Crippen LogP contribution >= 0.6 is 0 Å². The molecule has 182 valence electrons. The van der Waals surface area contributed by atoms with Gasteiger partial charge in [0.1, 0.15) is 24.3 Å². The van der Waals surface area contributed by atoms with E-state index in [4.69, 9.17) is 18.9 Å². The molecule has 0 bridgehead atoms. The van der Waals surface area contributed by atoms with Crippen molar-refractivity contribution in [3.05, 3.63) is 59.4 Å². The molecule has 0 N–H and O–H groups in total. The van der Waals surface area contributed by atoms with Crippen LogP contribution in [0, 0.1) is 11.7 Å². The van der Waals surface area contributed by atoms with Gasteiger partial charge in [0.25, 0.3) is 5.91 Å². The van der Waals surface area contributed by atoms with Crippen LogP contribution in [0.3, 0.4) is 0 Å². The SMILES string of the molecule is COc1cc(C(=O)N2CC[C@@]3(c4cccc(F)c4)OCOC3C2)ccc1OCC1CC(F)(F)C1. The van der Waals surface area contributed by atoms with Crippen molar-refractivity contribution in [1.82, 2.24) is 4.90 Å². The van der Waals surface area contributed by atoms with Crippen LogP contribution in [-0.2, 0) is 15.1 Å². The minimum Gasteiger partial charge on any atom is -0.493 e. The molecule has 5 rings (SSSR count). The molecule has 1 saturated carbocycles. The molecule has 2 heterocycles. The van der Waals surface area contributed by atoms with Gasteiger partial charge >= 0.3 is 0 Å². The summed E-state index contributed by atoms with van der Waals surface area (Å²) in [4.78, 5) is 14.9. The van der Waals surface area contributed by atoms with E-state index in [1.807, 2.05) is 6.07 Å². The smallest absolute Gasteiger partial charge is 0.254 e. The molecule has 9 heteroatoms. The Balaban J connectivity index is 1.27. The summed E-state index contributed by atoms with van der Waals surface area (Å²) in [6.45, 7) is 0.958. The van der Waals surface area contributed by atoms with E-state index in [1.165, 1.54) is 19.2 Å². The first-order valence-corrected chi connectivity index (χ1v) is 11.3. The second kappa shape index (κ2) is 8.78. The van der Waals surface area contributed by atoms with Gasteiger partial charge in [-0.25, -0.2) is 13.2 Å². The van der Waals surface area contributed by atoms with Gasteiger partial charge in [-0.1, -0.05) is 12.1 Å². The zero-order valence-electron chi connectivity index (χ0n) is 18.8. The summed E-state index contributed by atoms with van der Waals surface area (Å²) in [5.41, 5.74) is 0.332. The average Bonchev–Trinajstić information content (AvgIpc) is 3.25. The Kier molecular flexibility index (Phi) is 5.93. The van der Waals surface area contributed by atoms with E-state index in [1.54, 1.807) is 29.2 Å². The van der Waals surface area contributed by atoms with Crippen LogP contribution in [0.25, 0.3) is 0 Å². The number of halogens is 3. The summed E-state index contributed by atoms with van der Waals surface area (Å²) in [6.07, 6.45) is -0.301. The van der Waals surface area contributed by atoms with Crippen molar-refractivity contribution >= 4 is 5.91 Å². The number of piperidine rings is 1. The van der Waals surface area contributed by atoms with Gasteiger partial charge in [-0.15, -0.1) is 0 Å². The molecule has 1 unspecified atom stereocenters. The standard InChI is InChI=1S/C25H26F3NO5/c1-31-21-9-17(5-6-20(21)32-14-16-11-24(27,28)12-16)23(30)29-8-7-25(22(13-29)33-15-34-25)18-3-2-4-19(26)10-18/h2-6,9-10,16,22H,7-8,11-15H2,1H3/t22?,25-/m0/s1. The summed E-state index contributed by atoms with van der Waals surface area (Å²) in [6, 6.07) is 11.1. The van der Waals surface area contributed by atoms with Gasteiger partial charge in [-0.05, 0) is 35.9 Å². The minimum atomic E-state index is -2.59. The van der Waals surface area contributed by atoms with Crippen LogP contribution in [0.1, 0.15) is 35.2 Å². The summed E-state index contributed by atoms with van der Waals surface area (Å²) < 4.78 is 62.7. The maximum Gasteiger partial charge on any atom is 0.254 e. The lowest BCUT2D eigenvalue weighted by Crippen LogP contribution is -2.53. The van der Waals surface area contributed by atoms with Crippen molar-refractivity contribution in [1.29, 1.82) is 0 Å². The topological polar surface area (TPSA) is 57.2 Å². The summed E-state index contributed by atoms with van der Waals surface area (Å²) in [5.74, 6) is -2.56. The highest BCUT2D eigenvalue weighted by Gasteiger charge is 2.51. The molecule has 2 aliphatic heterocycles. The second-order valence-corrected chi connectivity index (χ2v) is 9.13. The molecule has 0 radical (unpaired) electrons. The third-order valence-corrected chi connectivity index (χ3v) is 6.91. The number of benzene rings is 2. The molecule has 34 heavy (non-hydrogen) atoms. The van der Waals surface area contributed by atoms with Crippen LogP contribution in [0.2, 0.25) is 0 Å². The van der Waals surface area contributed by atoms with Crippen molar-refractivity contribution in [2.75, 3.05) is 33.6 Å². The molecule has 3 aliphatic rings. The fourth-order valence-corrected chi connectivity index (χ4v) is 5.04. The lowest BCUT2D eigenvalue weighted by molar-refractivity contribution is -0.119. The summed E-state index contributed by atoms with van der Waals surface area (Å²) in [5, 5.41) is 0. The third-order valence-electron chi connectivity index (χ3n) is 6.91. The number of rotatable bonds is 6. The first-order chi connectivity index (χ1) is 16.3. The first-order valence-electron chi connectivity index (χ1n) is 11.3. The van der Waals surface area contributed by atoms with Crippen molar-refractivity contribution in [3.63, 3.8) is 0 Å². The molecule has 6 nitrogen and oxygen atoms in total. The Morgan fingerprint density at radius 2 is 2.00 bits per heavy atom. The number of hydrogen-bond donors (Lipinski definition) is 0. The van der Waals surface area contributed by atoms with E-state index in [2.05, 4.69) is 0 Å². The number of amides is 1. The van der Waals surface area contributed by atoms with E-state index in [9.17, 15) is 18.0 Å². The number of ether oxygens (including phenoxy) is 4. The summed E-state index contributed by atoms with van der Waals surface area (Å²) in [7, 11) is 1.46. The second-order valence-electron chi connectivity index (χ2n) is 9.13. The zero-order chi connectivity index (χ0) is 23.9. The van der Waals surface area contributed by atoms with Crippen LogP contribution in [0.5, 0.6) is 11.5 Å². The van der Waals surface area contributed by atoms with Gasteiger partial charge in [-0.3, -0.25) is 4.79 Å².